The predicted molar refractivity (Wildman–Crippen MR) is 131 cm³/mol. The second-order valence-electron chi connectivity index (χ2n) is 7.95. The molecular formula is C24H29N5O3S. The smallest absolute Gasteiger partial charge is 0.243 e. The highest BCUT2D eigenvalue weighted by molar-refractivity contribution is 7.99. The second kappa shape index (κ2) is 11.0. The van der Waals surface area contributed by atoms with E-state index in [9.17, 15) is 9.59 Å². The molecule has 0 unspecified atom stereocenters. The van der Waals surface area contributed by atoms with Gasteiger partial charge in [-0.1, -0.05) is 29.5 Å². The number of aryl methyl sites for hydroxylation is 1. The molecule has 0 fully saturated rings. The SMILES string of the molecule is COc1ccc(-c2nnc(SCC(=O)N(C)CC(=O)Nc3ccc(C)cc3)n2C(C)C)cc1. The molecule has 0 aliphatic carbocycles. The molecule has 2 aromatic carbocycles. The number of carbonyl (C=O) groups excluding carboxylic acids is 2. The van der Waals surface area contributed by atoms with Crippen molar-refractivity contribution >= 4 is 29.3 Å². The van der Waals surface area contributed by atoms with Gasteiger partial charge in [0.2, 0.25) is 11.8 Å². The van der Waals surface area contributed by atoms with Crippen LogP contribution < -0.4 is 10.1 Å². The number of thioether (sulfide) groups is 1. The zero-order valence-electron chi connectivity index (χ0n) is 19.5. The van der Waals surface area contributed by atoms with Gasteiger partial charge in [-0.3, -0.25) is 14.2 Å². The molecule has 0 bridgehead atoms. The minimum absolute atomic E-state index is 0.0265. The molecule has 1 heterocycles. The summed E-state index contributed by atoms with van der Waals surface area (Å²) in [6.07, 6.45) is 0. The highest BCUT2D eigenvalue weighted by Crippen LogP contribution is 2.28. The number of aromatic nitrogens is 3. The van der Waals surface area contributed by atoms with E-state index in [2.05, 4.69) is 15.5 Å². The van der Waals surface area contributed by atoms with Crippen molar-refractivity contribution in [3.8, 4) is 17.1 Å². The summed E-state index contributed by atoms with van der Waals surface area (Å²) in [5.74, 6) is 1.24. The minimum Gasteiger partial charge on any atom is -0.497 e. The van der Waals surface area contributed by atoms with Crippen LogP contribution in [0.3, 0.4) is 0 Å². The van der Waals surface area contributed by atoms with Crippen LogP contribution in [0.1, 0.15) is 25.5 Å². The molecule has 0 aliphatic rings. The molecule has 8 nitrogen and oxygen atoms in total. The third kappa shape index (κ3) is 6.35. The van der Waals surface area contributed by atoms with Crippen LogP contribution in [0.5, 0.6) is 5.75 Å². The third-order valence-electron chi connectivity index (χ3n) is 5.00. The Kier molecular flexibility index (Phi) is 8.11. The van der Waals surface area contributed by atoms with Crippen molar-refractivity contribution in [1.82, 2.24) is 19.7 Å². The number of methoxy groups -OCH3 is 1. The van der Waals surface area contributed by atoms with Gasteiger partial charge in [0, 0.05) is 24.3 Å². The van der Waals surface area contributed by atoms with Crippen LogP contribution in [-0.2, 0) is 9.59 Å². The molecule has 0 aliphatic heterocycles. The Balaban J connectivity index is 1.61. The first kappa shape index (κ1) is 24.3. The predicted octanol–water partition coefficient (Wildman–Crippen LogP) is 4.03. The molecule has 0 spiro atoms. The number of nitrogens with one attached hydrogen (secondary N) is 1. The summed E-state index contributed by atoms with van der Waals surface area (Å²) in [4.78, 5) is 26.3. The van der Waals surface area contributed by atoms with Crippen LogP contribution in [0.4, 0.5) is 5.69 Å². The molecule has 33 heavy (non-hydrogen) atoms. The summed E-state index contributed by atoms with van der Waals surface area (Å²) in [5, 5.41) is 12.1. The molecule has 0 atom stereocenters. The van der Waals surface area contributed by atoms with E-state index in [1.807, 2.05) is 73.9 Å². The van der Waals surface area contributed by atoms with E-state index < -0.39 is 0 Å². The number of hydrogen-bond acceptors (Lipinski definition) is 6. The van der Waals surface area contributed by atoms with E-state index in [1.54, 1.807) is 14.2 Å². The maximum atomic E-state index is 12.6. The number of anilines is 1. The summed E-state index contributed by atoms with van der Waals surface area (Å²) in [6.45, 7) is 6.05. The summed E-state index contributed by atoms with van der Waals surface area (Å²) < 4.78 is 7.23. The summed E-state index contributed by atoms with van der Waals surface area (Å²) >= 11 is 1.31. The van der Waals surface area contributed by atoms with E-state index in [4.69, 9.17) is 4.74 Å². The number of carbonyl (C=O) groups is 2. The van der Waals surface area contributed by atoms with Crippen molar-refractivity contribution in [2.75, 3.05) is 31.8 Å². The van der Waals surface area contributed by atoms with E-state index >= 15 is 0 Å². The summed E-state index contributed by atoms with van der Waals surface area (Å²) in [7, 11) is 3.24. The molecular weight excluding hydrogens is 438 g/mol. The first-order chi connectivity index (χ1) is 15.8. The lowest BCUT2D eigenvalue weighted by molar-refractivity contribution is -0.131. The summed E-state index contributed by atoms with van der Waals surface area (Å²) in [5.41, 5.74) is 2.73. The average Bonchev–Trinajstić information content (AvgIpc) is 3.23. The van der Waals surface area contributed by atoms with Crippen LogP contribution in [0.2, 0.25) is 0 Å². The van der Waals surface area contributed by atoms with E-state index in [1.165, 1.54) is 16.7 Å². The molecule has 1 N–H and O–H groups in total. The van der Waals surface area contributed by atoms with Crippen molar-refractivity contribution < 1.29 is 14.3 Å². The van der Waals surface area contributed by atoms with E-state index in [0.717, 1.165) is 22.7 Å². The van der Waals surface area contributed by atoms with Gasteiger partial charge in [-0.2, -0.15) is 0 Å². The Morgan fingerprint density at radius 3 is 2.36 bits per heavy atom. The zero-order chi connectivity index (χ0) is 24.0. The molecule has 3 aromatic rings. The Bertz CT molecular complexity index is 1090. The maximum Gasteiger partial charge on any atom is 0.243 e. The van der Waals surface area contributed by atoms with Gasteiger partial charge >= 0.3 is 0 Å². The number of benzene rings is 2. The maximum absolute atomic E-state index is 12.6. The number of amides is 2. The highest BCUT2D eigenvalue weighted by Gasteiger charge is 2.20. The molecule has 3 rings (SSSR count). The van der Waals surface area contributed by atoms with Gasteiger partial charge in [0.25, 0.3) is 0 Å². The first-order valence-corrected chi connectivity index (χ1v) is 11.6. The lowest BCUT2D eigenvalue weighted by Gasteiger charge is -2.17. The minimum atomic E-state index is -0.244. The lowest BCUT2D eigenvalue weighted by atomic mass is 10.2. The first-order valence-electron chi connectivity index (χ1n) is 10.6. The van der Waals surface area contributed by atoms with Gasteiger partial charge in [0.15, 0.2) is 11.0 Å². The Morgan fingerprint density at radius 1 is 1.09 bits per heavy atom. The monoisotopic (exact) mass is 467 g/mol. The normalized spacial score (nSPS) is 10.8. The van der Waals surface area contributed by atoms with Gasteiger partial charge in [-0.15, -0.1) is 10.2 Å². The fourth-order valence-corrected chi connectivity index (χ4v) is 4.16. The van der Waals surface area contributed by atoms with E-state index in [0.29, 0.717) is 10.8 Å². The van der Waals surface area contributed by atoms with Gasteiger partial charge in [-0.05, 0) is 57.2 Å². The topological polar surface area (TPSA) is 89.4 Å². The molecule has 0 saturated carbocycles. The highest BCUT2D eigenvalue weighted by atomic mass is 32.2. The summed E-state index contributed by atoms with van der Waals surface area (Å²) in [6, 6.07) is 15.2. The van der Waals surface area contributed by atoms with Crippen LogP contribution in [-0.4, -0.2) is 57.9 Å². The fraction of sp³-hybridized carbons (Fsp3) is 0.333. The van der Waals surface area contributed by atoms with Crippen LogP contribution >= 0.6 is 11.8 Å². The molecule has 2 amide bonds. The fourth-order valence-electron chi connectivity index (χ4n) is 3.16. The number of nitrogens with zero attached hydrogens (tertiary/aromatic N) is 4. The van der Waals surface area contributed by atoms with Gasteiger partial charge < -0.3 is 15.0 Å². The molecule has 0 radical (unpaired) electrons. The van der Waals surface area contributed by atoms with Gasteiger partial charge in [0.05, 0.1) is 19.4 Å². The lowest BCUT2D eigenvalue weighted by Crippen LogP contribution is -2.36. The molecule has 9 heteroatoms. The van der Waals surface area contributed by atoms with Crippen LogP contribution in [0, 0.1) is 6.92 Å². The quantitative estimate of drug-likeness (QED) is 0.478. The Labute approximate surface area is 198 Å². The zero-order valence-corrected chi connectivity index (χ0v) is 20.3. The number of likely N-dealkylation sites (N-methyl/N-ethyl adjacent to an activating group) is 1. The number of hydrogen-bond donors (Lipinski definition) is 1. The van der Waals surface area contributed by atoms with Crippen molar-refractivity contribution in [2.24, 2.45) is 0 Å². The van der Waals surface area contributed by atoms with Crippen molar-refractivity contribution in [1.29, 1.82) is 0 Å². The van der Waals surface area contributed by atoms with Gasteiger partial charge in [0.1, 0.15) is 5.75 Å². The second-order valence-corrected chi connectivity index (χ2v) is 8.89. The van der Waals surface area contributed by atoms with Crippen molar-refractivity contribution in [3.63, 3.8) is 0 Å². The third-order valence-corrected chi connectivity index (χ3v) is 5.92. The van der Waals surface area contributed by atoms with Gasteiger partial charge in [-0.25, -0.2) is 0 Å². The average molecular weight is 468 g/mol. The molecule has 1 aromatic heterocycles. The standard InChI is InChI=1S/C24H29N5O3S/c1-16(2)29-23(18-8-12-20(32-5)13-9-18)26-27-24(29)33-15-22(31)28(4)14-21(30)25-19-10-6-17(3)7-11-19/h6-13,16H,14-15H2,1-5H3,(H,25,30). The van der Waals surface area contributed by atoms with Crippen molar-refractivity contribution in [3.05, 3.63) is 54.1 Å². The number of rotatable bonds is 9. The number of ether oxygens (including phenoxy) is 1. The Hall–Kier alpha value is -3.33. The Morgan fingerprint density at radius 2 is 1.76 bits per heavy atom. The van der Waals surface area contributed by atoms with Crippen molar-refractivity contribution in [2.45, 2.75) is 32.0 Å². The molecule has 174 valence electrons. The molecule has 0 saturated heterocycles. The van der Waals surface area contributed by atoms with E-state index in [-0.39, 0.29) is 30.2 Å². The van der Waals surface area contributed by atoms with Crippen LogP contribution in [0.25, 0.3) is 11.4 Å². The largest absolute Gasteiger partial charge is 0.497 e. The van der Waals surface area contributed by atoms with Crippen LogP contribution in [0.15, 0.2) is 53.7 Å².